The summed E-state index contributed by atoms with van der Waals surface area (Å²) >= 11 is 0. The molecule has 0 saturated heterocycles. The highest BCUT2D eigenvalue weighted by Gasteiger charge is 2.26. The van der Waals surface area contributed by atoms with E-state index in [0.29, 0.717) is 11.8 Å². The van der Waals surface area contributed by atoms with Crippen LogP contribution in [0.5, 0.6) is 0 Å². The van der Waals surface area contributed by atoms with E-state index < -0.39 is 5.97 Å². The quantitative estimate of drug-likeness (QED) is 0.0908. The van der Waals surface area contributed by atoms with Crippen LogP contribution in [0, 0.1) is 5.41 Å². The van der Waals surface area contributed by atoms with Gasteiger partial charge < -0.3 is 10.2 Å². The van der Waals surface area contributed by atoms with Crippen LogP contribution in [0.15, 0.2) is 58.7 Å². The zero-order valence-electron chi connectivity index (χ0n) is 29.3. The third-order valence-corrected chi connectivity index (χ3v) is 8.68. The molecule has 0 fully saturated rings. The minimum Gasteiger partial charge on any atom is -0.481 e. The number of aliphatic carboxylic acids is 1. The van der Waals surface area contributed by atoms with Crippen molar-refractivity contribution in [3.8, 4) is 0 Å². The molecule has 1 aliphatic rings. The standard InChI is InChI=1S/C20H40O2.C20H30O/c1-2-3-4-5-6-7-8-9-10-11-12-13-14-15-16-17-18-19-20(21)22;1-16(8-6-9-17(2)13-15-21)11-12-19-18(3)10-7-14-20(19,4)5/h2-19H2,1H3,(H,21,22);6,8-9,11-13,21H,7,10,14-15H2,1-5H3. The van der Waals surface area contributed by atoms with Crippen LogP contribution in [0.3, 0.4) is 0 Å². The lowest BCUT2D eigenvalue weighted by atomic mass is 9.72. The van der Waals surface area contributed by atoms with Crippen LogP contribution in [-0.2, 0) is 4.79 Å². The Labute approximate surface area is 267 Å². The van der Waals surface area contributed by atoms with E-state index in [4.69, 9.17) is 10.2 Å². The first-order valence-electron chi connectivity index (χ1n) is 17.9. The van der Waals surface area contributed by atoms with Gasteiger partial charge in [-0.05, 0) is 57.4 Å². The van der Waals surface area contributed by atoms with Crippen molar-refractivity contribution >= 4 is 5.97 Å². The van der Waals surface area contributed by atoms with Crippen molar-refractivity contribution in [2.24, 2.45) is 5.41 Å². The molecule has 0 aliphatic heterocycles. The number of hydrogen-bond acceptors (Lipinski definition) is 2. The zero-order chi connectivity index (χ0) is 32.2. The molecule has 0 saturated carbocycles. The normalized spacial score (nSPS) is 15.8. The molecular formula is C40H70O3. The van der Waals surface area contributed by atoms with Gasteiger partial charge in [-0.2, -0.15) is 0 Å². The zero-order valence-corrected chi connectivity index (χ0v) is 29.3. The Morgan fingerprint density at radius 1 is 0.767 bits per heavy atom. The number of carboxylic acid groups (broad SMARTS) is 1. The number of allylic oxidation sites excluding steroid dienone is 9. The Bertz CT molecular complexity index is 853. The summed E-state index contributed by atoms with van der Waals surface area (Å²) in [5.74, 6) is -0.652. The van der Waals surface area contributed by atoms with Crippen molar-refractivity contribution in [2.75, 3.05) is 6.61 Å². The van der Waals surface area contributed by atoms with E-state index in [-0.39, 0.29) is 6.61 Å². The summed E-state index contributed by atoms with van der Waals surface area (Å²) < 4.78 is 0. The van der Waals surface area contributed by atoms with E-state index in [1.807, 2.05) is 19.1 Å². The molecule has 0 radical (unpaired) electrons. The van der Waals surface area contributed by atoms with Gasteiger partial charge in [0.05, 0.1) is 6.61 Å². The van der Waals surface area contributed by atoms with Gasteiger partial charge in [0.25, 0.3) is 0 Å². The Morgan fingerprint density at radius 3 is 1.70 bits per heavy atom. The fraction of sp³-hybridized carbons (Fsp3) is 0.725. The summed E-state index contributed by atoms with van der Waals surface area (Å²) in [5, 5.41) is 17.3. The minimum absolute atomic E-state index is 0.0985. The fourth-order valence-corrected chi connectivity index (χ4v) is 5.85. The Morgan fingerprint density at radius 2 is 1.26 bits per heavy atom. The lowest BCUT2D eigenvalue weighted by Crippen LogP contribution is -2.19. The highest BCUT2D eigenvalue weighted by atomic mass is 16.4. The molecule has 0 spiro atoms. The van der Waals surface area contributed by atoms with E-state index in [1.54, 1.807) is 6.08 Å². The fourth-order valence-electron chi connectivity index (χ4n) is 5.85. The predicted octanol–water partition coefficient (Wildman–Crippen LogP) is 12.6. The van der Waals surface area contributed by atoms with Gasteiger partial charge in [0, 0.05) is 6.42 Å². The van der Waals surface area contributed by atoms with Gasteiger partial charge in [0.1, 0.15) is 0 Å². The Kier molecular flexibility index (Phi) is 26.5. The summed E-state index contributed by atoms with van der Waals surface area (Å²) in [7, 11) is 0. The Hall–Kier alpha value is -1.87. The van der Waals surface area contributed by atoms with Crippen molar-refractivity contribution in [3.63, 3.8) is 0 Å². The number of carboxylic acids is 1. The highest BCUT2D eigenvalue weighted by molar-refractivity contribution is 5.66. The summed E-state index contributed by atoms with van der Waals surface area (Å²) in [6.45, 7) is 13.4. The molecular weight excluding hydrogens is 528 g/mol. The number of unbranched alkanes of at least 4 members (excludes halogenated alkanes) is 16. The second kappa shape index (κ2) is 27.7. The van der Waals surface area contributed by atoms with Crippen LogP contribution in [0.1, 0.15) is 176 Å². The van der Waals surface area contributed by atoms with Crippen LogP contribution >= 0.6 is 0 Å². The molecule has 0 aromatic heterocycles. The molecule has 43 heavy (non-hydrogen) atoms. The molecule has 0 heterocycles. The first-order valence-corrected chi connectivity index (χ1v) is 17.9. The first kappa shape index (κ1) is 41.1. The highest BCUT2D eigenvalue weighted by Crippen LogP contribution is 2.40. The monoisotopic (exact) mass is 599 g/mol. The summed E-state index contributed by atoms with van der Waals surface area (Å²) in [4.78, 5) is 10.4. The molecule has 1 rings (SSSR count). The lowest BCUT2D eigenvalue weighted by Gasteiger charge is -2.32. The molecule has 2 N–H and O–H groups in total. The first-order chi connectivity index (χ1) is 20.6. The summed E-state index contributed by atoms with van der Waals surface area (Å²) in [5.41, 5.74) is 5.66. The van der Waals surface area contributed by atoms with Gasteiger partial charge in [-0.15, -0.1) is 0 Å². The molecule has 0 bridgehead atoms. The molecule has 3 nitrogen and oxygen atoms in total. The number of rotatable bonds is 23. The maximum Gasteiger partial charge on any atom is 0.303 e. The Balaban J connectivity index is 0.000000821. The molecule has 0 amide bonds. The number of aliphatic hydroxyl groups excluding tert-OH is 1. The van der Waals surface area contributed by atoms with Crippen LogP contribution in [-0.4, -0.2) is 22.8 Å². The minimum atomic E-state index is -0.652. The second-order valence-corrected chi connectivity index (χ2v) is 13.5. The van der Waals surface area contributed by atoms with E-state index >= 15 is 0 Å². The predicted molar refractivity (Wildman–Crippen MR) is 190 cm³/mol. The van der Waals surface area contributed by atoms with Gasteiger partial charge >= 0.3 is 5.97 Å². The number of aliphatic hydroxyl groups is 1. The van der Waals surface area contributed by atoms with Crippen molar-refractivity contribution in [2.45, 2.75) is 176 Å². The SMILES string of the molecule is CC(C=CC1=C(C)CCCC1(C)C)=CC=CC(C)=CCO.CCCCCCCCCCCCCCCCCCCC(=O)O. The summed E-state index contributed by atoms with van der Waals surface area (Å²) in [6.07, 6.45) is 39.4. The van der Waals surface area contributed by atoms with E-state index in [9.17, 15) is 4.79 Å². The van der Waals surface area contributed by atoms with Crippen molar-refractivity contribution < 1.29 is 15.0 Å². The topological polar surface area (TPSA) is 57.5 Å². The van der Waals surface area contributed by atoms with E-state index in [0.717, 1.165) is 18.4 Å². The van der Waals surface area contributed by atoms with Gasteiger partial charge in [-0.3, -0.25) is 4.79 Å². The third kappa shape index (κ3) is 25.2. The molecule has 3 heteroatoms. The van der Waals surface area contributed by atoms with Crippen molar-refractivity contribution in [1.29, 1.82) is 0 Å². The van der Waals surface area contributed by atoms with Crippen molar-refractivity contribution in [1.82, 2.24) is 0 Å². The van der Waals surface area contributed by atoms with Gasteiger partial charge in [0.2, 0.25) is 0 Å². The molecule has 0 unspecified atom stereocenters. The maximum absolute atomic E-state index is 10.4. The number of carbonyl (C=O) groups is 1. The largest absolute Gasteiger partial charge is 0.481 e. The van der Waals surface area contributed by atoms with Gasteiger partial charge in [-0.25, -0.2) is 0 Å². The van der Waals surface area contributed by atoms with Crippen molar-refractivity contribution in [3.05, 3.63) is 58.7 Å². The van der Waals surface area contributed by atoms with Gasteiger partial charge in [0.15, 0.2) is 0 Å². The van der Waals surface area contributed by atoms with Gasteiger partial charge in [-0.1, -0.05) is 177 Å². The van der Waals surface area contributed by atoms with E-state index in [1.165, 1.54) is 132 Å². The van der Waals surface area contributed by atoms with Crippen LogP contribution in [0.25, 0.3) is 0 Å². The van der Waals surface area contributed by atoms with Crippen LogP contribution in [0.4, 0.5) is 0 Å². The maximum atomic E-state index is 10.4. The molecule has 1 aliphatic carbocycles. The third-order valence-electron chi connectivity index (χ3n) is 8.68. The molecule has 248 valence electrons. The average molecular weight is 599 g/mol. The molecule has 0 aromatic carbocycles. The summed E-state index contributed by atoms with van der Waals surface area (Å²) in [6, 6.07) is 0. The van der Waals surface area contributed by atoms with Crippen LogP contribution in [0.2, 0.25) is 0 Å². The molecule has 0 atom stereocenters. The second-order valence-electron chi connectivity index (χ2n) is 13.5. The average Bonchev–Trinajstić information content (AvgIpc) is 2.94. The number of hydrogen-bond donors (Lipinski definition) is 2. The molecule has 0 aromatic rings. The van der Waals surface area contributed by atoms with E-state index in [2.05, 4.69) is 52.8 Å². The smallest absolute Gasteiger partial charge is 0.303 e. The lowest BCUT2D eigenvalue weighted by molar-refractivity contribution is -0.137. The van der Waals surface area contributed by atoms with Crippen LogP contribution < -0.4 is 0 Å².